The Morgan fingerprint density at radius 2 is 1.81 bits per heavy atom. The first-order chi connectivity index (χ1) is 13.2. The van der Waals surface area contributed by atoms with Gasteiger partial charge in [-0.15, -0.1) is 0 Å². The lowest BCUT2D eigenvalue weighted by molar-refractivity contribution is -0.119. The molecule has 0 saturated carbocycles. The molecule has 2 N–H and O–H groups in total. The molecule has 0 aromatic heterocycles. The molecule has 138 valence electrons. The van der Waals surface area contributed by atoms with Gasteiger partial charge in [0.25, 0.3) is 5.91 Å². The van der Waals surface area contributed by atoms with Crippen LogP contribution in [0.2, 0.25) is 0 Å². The van der Waals surface area contributed by atoms with Gasteiger partial charge in [0.2, 0.25) is 0 Å². The van der Waals surface area contributed by atoms with E-state index in [1.165, 1.54) is 6.21 Å². The van der Waals surface area contributed by atoms with Gasteiger partial charge in [-0.25, -0.2) is 5.43 Å². The zero-order valence-electron chi connectivity index (χ0n) is 15.2. The smallest absolute Gasteiger partial charge is 0.259 e. The molecule has 6 nitrogen and oxygen atoms in total. The van der Waals surface area contributed by atoms with E-state index >= 15 is 0 Å². The second-order valence-electron chi connectivity index (χ2n) is 5.82. The lowest BCUT2D eigenvalue weighted by Crippen LogP contribution is -2.25. The highest BCUT2D eigenvalue weighted by Crippen LogP contribution is 2.22. The molecule has 0 fully saturated rings. The molecule has 0 atom stereocenters. The molecule has 0 aliphatic carbocycles. The minimum absolute atomic E-state index is 0.116. The number of hydrazone groups is 1. The molecule has 27 heavy (non-hydrogen) atoms. The van der Waals surface area contributed by atoms with E-state index < -0.39 is 0 Å². The molecule has 3 rings (SSSR count). The number of hydrogen-bond acceptors (Lipinski definition) is 5. The Balaban J connectivity index is 1.57. The van der Waals surface area contributed by atoms with E-state index in [0.29, 0.717) is 17.1 Å². The van der Waals surface area contributed by atoms with Crippen LogP contribution in [-0.2, 0) is 4.79 Å². The summed E-state index contributed by atoms with van der Waals surface area (Å²) in [5.41, 5.74) is 4.08. The van der Waals surface area contributed by atoms with E-state index in [1.54, 1.807) is 32.4 Å². The number of fused-ring (bicyclic) bond motifs is 1. The van der Waals surface area contributed by atoms with Crippen LogP contribution in [0.15, 0.2) is 65.8 Å². The number of ether oxygens (including phenoxy) is 2. The van der Waals surface area contributed by atoms with Gasteiger partial charge in [-0.2, -0.15) is 5.10 Å². The Kier molecular flexibility index (Phi) is 5.89. The van der Waals surface area contributed by atoms with E-state index in [-0.39, 0.29) is 12.5 Å². The first-order valence-electron chi connectivity index (χ1n) is 8.46. The molecule has 0 aliphatic rings. The molecule has 0 aliphatic heterocycles. The summed E-state index contributed by atoms with van der Waals surface area (Å²) in [6.07, 6.45) is 1.52. The second kappa shape index (κ2) is 8.71. The molecule has 0 spiro atoms. The highest BCUT2D eigenvalue weighted by atomic mass is 16.5. The number of benzene rings is 3. The first-order valence-corrected chi connectivity index (χ1v) is 8.46. The van der Waals surface area contributed by atoms with E-state index in [4.69, 9.17) is 9.47 Å². The highest BCUT2D eigenvalue weighted by Gasteiger charge is 2.04. The number of nitrogens with zero attached hydrogens (tertiary/aromatic N) is 1. The Hall–Kier alpha value is -3.54. The standard InChI is InChI=1S/C21H21N3O3/c1-26-19-9-10-20(27-2)17(12-19)13-23-24-21(25)14-22-18-8-7-15-5-3-4-6-16(15)11-18/h3-13,22H,14H2,1-2H3,(H,24,25)/b23-13-. The molecular weight excluding hydrogens is 342 g/mol. The number of rotatable bonds is 7. The summed E-state index contributed by atoms with van der Waals surface area (Å²) in [4.78, 5) is 12.0. The molecular formula is C21H21N3O3. The molecule has 0 heterocycles. The van der Waals surface area contributed by atoms with Crippen molar-refractivity contribution in [2.24, 2.45) is 5.10 Å². The van der Waals surface area contributed by atoms with Crippen molar-refractivity contribution in [3.63, 3.8) is 0 Å². The molecule has 1 amide bonds. The summed E-state index contributed by atoms with van der Waals surface area (Å²) >= 11 is 0. The first kappa shape index (κ1) is 18.3. The third-order valence-electron chi connectivity index (χ3n) is 4.03. The number of methoxy groups -OCH3 is 2. The lowest BCUT2D eigenvalue weighted by Gasteiger charge is -2.08. The summed E-state index contributed by atoms with van der Waals surface area (Å²) in [7, 11) is 3.16. The number of carbonyl (C=O) groups is 1. The highest BCUT2D eigenvalue weighted by molar-refractivity contribution is 5.88. The Morgan fingerprint density at radius 1 is 1.00 bits per heavy atom. The zero-order valence-corrected chi connectivity index (χ0v) is 15.2. The van der Waals surface area contributed by atoms with Gasteiger partial charge in [0.15, 0.2) is 0 Å². The molecule has 0 saturated heterocycles. The van der Waals surface area contributed by atoms with Crippen LogP contribution in [0.5, 0.6) is 11.5 Å². The van der Waals surface area contributed by atoms with Gasteiger partial charge in [0.05, 0.1) is 27.0 Å². The summed E-state index contributed by atoms with van der Waals surface area (Å²) in [5, 5.41) is 9.36. The summed E-state index contributed by atoms with van der Waals surface area (Å²) in [5.74, 6) is 1.07. The van der Waals surface area contributed by atoms with Crippen molar-refractivity contribution in [2.45, 2.75) is 0 Å². The van der Waals surface area contributed by atoms with Crippen LogP contribution < -0.4 is 20.2 Å². The van der Waals surface area contributed by atoms with Crippen molar-refractivity contribution in [1.29, 1.82) is 0 Å². The van der Waals surface area contributed by atoms with Gasteiger partial charge in [0.1, 0.15) is 11.5 Å². The Labute approximate surface area is 157 Å². The zero-order chi connectivity index (χ0) is 19.1. The fourth-order valence-corrected chi connectivity index (χ4v) is 2.64. The van der Waals surface area contributed by atoms with Crippen molar-refractivity contribution in [3.8, 4) is 11.5 Å². The second-order valence-corrected chi connectivity index (χ2v) is 5.82. The van der Waals surface area contributed by atoms with Crippen LogP contribution in [-0.4, -0.2) is 32.9 Å². The average molecular weight is 363 g/mol. The van der Waals surface area contributed by atoms with E-state index in [1.807, 2.05) is 42.5 Å². The molecule has 3 aromatic carbocycles. The topological polar surface area (TPSA) is 72.0 Å². The molecule has 0 unspecified atom stereocenters. The molecule has 6 heteroatoms. The van der Waals surface area contributed by atoms with Crippen molar-refractivity contribution in [1.82, 2.24) is 5.43 Å². The van der Waals surface area contributed by atoms with Gasteiger partial charge in [-0.1, -0.05) is 30.3 Å². The van der Waals surface area contributed by atoms with Crippen LogP contribution >= 0.6 is 0 Å². The summed E-state index contributed by atoms with van der Waals surface area (Å²) < 4.78 is 10.5. The summed E-state index contributed by atoms with van der Waals surface area (Å²) in [6.45, 7) is 0.116. The fourth-order valence-electron chi connectivity index (χ4n) is 2.64. The number of hydrogen-bond donors (Lipinski definition) is 2. The van der Waals surface area contributed by atoms with Crippen molar-refractivity contribution >= 4 is 28.6 Å². The van der Waals surface area contributed by atoms with Gasteiger partial charge >= 0.3 is 0 Å². The van der Waals surface area contributed by atoms with Gasteiger partial charge in [-0.05, 0) is 41.1 Å². The van der Waals surface area contributed by atoms with Gasteiger partial charge in [0, 0.05) is 11.3 Å². The minimum Gasteiger partial charge on any atom is -0.497 e. The number of carbonyl (C=O) groups excluding carboxylic acids is 1. The predicted octanol–water partition coefficient (Wildman–Crippen LogP) is 3.42. The number of anilines is 1. The Morgan fingerprint density at radius 3 is 2.59 bits per heavy atom. The third-order valence-corrected chi connectivity index (χ3v) is 4.03. The quantitative estimate of drug-likeness (QED) is 0.498. The minimum atomic E-state index is -0.249. The van der Waals surface area contributed by atoms with E-state index in [2.05, 4.69) is 15.8 Å². The van der Waals surface area contributed by atoms with E-state index in [9.17, 15) is 4.79 Å². The maximum Gasteiger partial charge on any atom is 0.259 e. The maximum absolute atomic E-state index is 12.0. The van der Waals surface area contributed by atoms with Gasteiger partial charge < -0.3 is 14.8 Å². The molecule has 0 radical (unpaired) electrons. The third kappa shape index (κ3) is 4.76. The maximum atomic E-state index is 12.0. The number of nitrogens with one attached hydrogen (secondary N) is 2. The number of amides is 1. The molecule has 3 aromatic rings. The SMILES string of the molecule is COc1ccc(OC)c(/C=N\NC(=O)CNc2ccc3ccccc3c2)c1. The average Bonchev–Trinajstić information content (AvgIpc) is 2.72. The largest absolute Gasteiger partial charge is 0.497 e. The lowest BCUT2D eigenvalue weighted by atomic mass is 10.1. The summed E-state index contributed by atoms with van der Waals surface area (Å²) in [6, 6.07) is 19.4. The van der Waals surface area contributed by atoms with Crippen molar-refractivity contribution in [2.75, 3.05) is 26.1 Å². The van der Waals surface area contributed by atoms with Gasteiger partial charge in [-0.3, -0.25) is 4.79 Å². The van der Waals surface area contributed by atoms with Crippen LogP contribution in [0.3, 0.4) is 0 Å². The Bertz CT molecular complexity index is 970. The normalized spacial score (nSPS) is 10.7. The van der Waals surface area contributed by atoms with Crippen molar-refractivity contribution < 1.29 is 14.3 Å². The van der Waals surface area contributed by atoms with Crippen LogP contribution in [0.25, 0.3) is 10.8 Å². The fraction of sp³-hybridized carbons (Fsp3) is 0.143. The van der Waals surface area contributed by atoms with E-state index in [0.717, 1.165) is 16.5 Å². The van der Waals surface area contributed by atoms with Crippen LogP contribution in [0.4, 0.5) is 5.69 Å². The predicted molar refractivity (Wildman–Crippen MR) is 108 cm³/mol. The van der Waals surface area contributed by atoms with Crippen LogP contribution in [0, 0.1) is 0 Å². The monoisotopic (exact) mass is 363 g/mol. The van der Waals surface area contributed by atoms with Crippen molar-refractivity contribution in [3.05, 3.63) is 66.2 Å². The van der Waals surface area contributed by atoms with Crippen LogP contribution in [0.1, 0.15) is 5.56 Å². The molecule has 0 bridgehead atoms.